The fourth-order valence-corrected chi connectivity index (χ4v) is 6.33. The maximum absolute atomic E-state index is 13.1. The molecule has 3 aromatic rings. The molecule has 0 bridgehead atoms. The van der Waals surface area contributed by atoms with Gasteiger partial charge in [0.15, 0.2) is 9.84 Å². The number of ether oxygens (including phenoxy) is 1. The molecule has 4 rings (SSSR count). The molecule has 0 radical (unpaired) electrons. The zero-order valence-corrected chi connectivity index (χ0v) is 25.7. The molecular formula is C30H33Cl2N3O5S. The largest absolute Gasteiger partial charge is 0.444 e. The second-order valence-electron chi connectivity index (χ2n) is 11.0. The minimum atomic E-state index is -3.63. The first kappa shape index (κ1) is 30.7. The number of carbonyl (C=O) groups excluding carboxylic acids is 2. The molecule has 1 aliphatic heterocycles. The second-order valence-corrected chi connectivity index (χ2v) is 13.8. The molecule has 3 aromatic carbocycles. The highest BCUT2D eigenvalue weighted by Crippen LogP contribution is 2.30. The smallest absolute Gasteiger partial charge is 0.410 e. The first-order valence-corrected chi connectivity index (χ1v) is 15.6. The third-order valence-electron chi connectivity index (χ3n) is 6.56. The van der Waals surface area contributed by atoms with Crippen LogP contribution in [-0.4, -0.2) is 37.6 Å². The molecule has 0 unspecified atom stereocenters. The van der Waals surface area contributed by atoms with Gasteiger partial charge in [0.2, 0.25) is 0 Å². The molecule has 0 saturated heterocycles. The maximum atomic E-state index is 13.1. The average molecular weight is 619 g/mol. The van der Waals surface area contributed by atoms with Crippen molar-refractivity contribution in [3.63, 3.8) is 0 Å². The normalized spacial score (nSPS) is 14.1. The van der Waals surface area contributed by atoms with E-state index in [1.807, 2.05) is 32.9 Å². The van der Waals surface area contributed by atoms with E-state index in [0.717, 1.165) is 11.1 Å². The molecule has 8 nitrogen and oxygen atoms in total. The number of benzene rings is 3. The van der Waals surface area contributed by atoms with Crippen LogP contribution in [0.15, 0.2) is 65.6 Å². The molecule has 218 valence electrons. The van der Waals surface area contributed by atoms with Crippen LogP contribution in [0.1, 0.15) is 56.0 Å². The summed E-state index contributed by atoms with van der Waals surface area (Å²) in [6.45, 7) is 8.20. The van der Waals surface area contributed by atoms with Gasteiger partial charge in [-0.3, -0.25) is 0 Å². The summed E-state index contributed by atoms with van der Waals surface area (Å²) in [5, 5.41) is 6.27. The zero-order valence-electron chi connectivity index (χ0n) is 23.3. The average Bonchev–Trinajstić information content (AvgIpc) is 2.89. The molecule has 2 N–H and O–H groups in total. The Bertz CT molecular complexity index is 1550. The van der Waals surface area contributed by atoms with Crippen LogP contribution in [0.2, 0.25) is 10.0 Å². The summed E-state index contributed by atoms with van der Waals surface area (Å²) in [5.41, 5.74) is 3.22. The van der Waals surface area contributed by atoms with Gasteiger partial charge in [-0.05, 0) is 86.7 Å². The third-order valence-corrected chi connectivity index (χ3v) is 9.10. The van der Waals surface area contributed by atoms with Crippen LogP contribution in [0, 0.1) is 0 Å². The molecule has 1 heterocycles. The van der Waals surface area contributed by atoms with Gasteiger partial charge in [0, 0.05) is 18.8 Å². The molecular weight excluding hydrogens is 585 g/mol. The highest BCUT2D eigenvalue weighted by atomic mass is 35.5. The maximum Gasteiger partial charge on any atom is 0.410 e. The SMILES string of the molecule is C[C@H](NC(=O)Nc1ccc(S(=O)(=O)Cc2ccc3c(c2)CCN(C(=O)OC(C)(C)C)C3)cc1)c1cccc(Cl)c1Cl. The second kappa shape index (κ2) is 12.3. The van der Waals surface area contributed by atoms with E-state index in [-0.39, 0.29) is 16.7 Å². The number of fused-ring (bicyclic) bond motifs is 1. The van der Waals surface area contributed by atoms with Crippen LogP contribution in [0.25, 0.3) is 0 Å². The summed E-state index contributed by atoms with van der Waals surface area (Å²) < 4.78 is 31.8. The molecule has 0 saturated carbocycles. The minimum absolute atomic E-state index is 0.149. The Kier molecular flexibility index (Phi) is 9.21. The molecule has 0 aliphatic carbocycles. The number of nitrogens with one attached hydrogen (secondary N) is 2. The molecule has 0 spiro atoms. The highest BCUT2D eigenvalue weighted by molar-refractivity contribution is 7.90. The van der Waals surface area contributed by atoms with Crippen molar-refractivity contribution in [3.8, 4) is 0 Å². The quantitative estimate of drug-likeness (QED) is 0.306. The Morgan fingerprint density at radius 2 is 1.73 bits per heavy atom. The van der Waals surface area contributed by atoms with Gasteiger partial charge in [0.1, 0.15) is 5.60 Å². The lowest BCUT2D eigenvalue weighted by Gasteiger charge is -2.31. The third kappa shape index (κ3) is 7.93. The van der Waals surface area contributed by atoms with Gasteiger partial charge < -0.3 is 20.3 Å². The van der Waals surface area contributed by atoms with Crippen molar-refractivity contribution in [1.29, 1.82) is 0 Å². The van der Waals surface area contributed by atoms with Crippen LogP contribution < -0.4 is 10.6 Å². The van der Waals surface area contributed by atoms with Crippen molar-refractivity contribution in [2.24, 2.45) is 0 Å². The summed E-state index contributed by atoms with van der Waals surface area (Å²) in [7, 11) is -3.63. The lowest BCUT2D eigenvalue weighted by molar-refractivity contribution is 0.0224. The fraction of sp³-hybridized carbons (Fsp3) is 0.333. The number of sulfone groups is 1. The number of nitrogens with zero attached hydrogens (tertiary/aromatic N) is 1. The summed E-state index contributed by atoms with van der Waals surface area (Å²) in [6.07, 6.45) is 0.262. The number of hydrogen-bond acceptors (Lipinski definition) is 5. The van der Waals surface area contributed by atoms with Gasteiger partial charge in [-0.25, -0.2) is 18.0 Å². The van der Waals surface area contributed by atoms with Gasteiger partial charge in [-0.2, -0.15) is 0 Å². The lowest BCUT2D eigenvalue weighted by atomic mass is 9.98. The van der Waals surface area contributed by atoms with Gasteiger partial charge in [0.25, 0.3) is 0 Å². The Labute approximate surface area is 250 Å². The van der Waals surface area contributed by atoms with Crippen molar-refractivity contribution in [3.05, 3.63) is 93.0 Å². The van der Waals surface area contributed by atoms with E-state index >= 15 is 0 Å². The number of halogens is 2. The lowest BCUT2D eigenvalue weighted by Crippen LogP contribution is -2.39. The van der Waals surface area contributed by atoms with Gasteiger partial charge in [-0.15, -0.1) is 0 Å². The Balaban J connectivity index is 1.36. The molecule has 0 aromatic heterocycles. The van der Waals surface area contributed by atoms with Gasteiger partial charge in [0.05, 0.1) is 26.7 Å². The van der Waals surface area contributed by atoms with E-state index in [9.17, 15) is 18.0 Å². The van der Waals surface area contributed by atoms with E-state index in [4.69, 9.17) is 27.9 Å². The number of amides is 3. The summed E-state index contributed by atoms with van der Waals surface area (Å²) in [6, 6.07) is 15.9. The predicted molar refractivity (Wildman–Crippen MR) is 161 cm³/mol. The van der Waals surface area contributed by atoms with E-state index < -0.39 is 27.5 Å². The van der Waals surface area contributed by atoms with Crippen LogP contribution in [0.5, 0.6) is 0 Å². The predicted octanol–water partition coefficient (Wildman–Crippen LogP) is 7.14. The molecule has 0 fully saturated rings. The number of hydrogen-bond donors (Lipinski definition) is 2. The van der Waals surface area contributed by atoms with Gasteiger partial charge in [-0.1, -0.05) is 53.5 Å². The van der Waals surface area contributed by atoms with Gasteiger partial charge >= 0.3 is 12.1 Å². The van der Waals surface area contributed by atoms with Crippen LogP contribution >= 0.6 is 23.2 Å². The Morgan fingerprint density at radius 1 is 1.02 bits per heavy atom. The van der Waals surface area contributed by atoms with Crippen molar-refractivity contribution in [1.82, 2.24) is 10.2 Å². The number of urea groups is 1. The molecule has 1 aliphatic rings. The first-order chi connectivity index (χ1) is 19.2. The summed E-state index contributed by atoms with van der Waals surface area (Å²) in [5.74, 6) is -0.165. The standard InChI is InChI=1S/C30H33Cl2N3O5S/c1-19(25-6-5-7-26(31)27(25)32)33-28(36)34-23-10-12-24(13-11-23)41(38,39)18-20-8-9-22-17-35(15-14-21(22)16-20)29(37)40-30(2,3)4/h5-13,16,19H,14-15,17-18H2,1-4H3,(H2,33,34,36)/t19-/m0/s1. The molecule has 3 amide bonds. The summed E-state index contributed by atoms with van der Waals surface area (Å²) in [4.78, 5) is 26.8. The van der Waals surface area contributed by atoms with E-state index in [2.05, 4.69) is 10.6 Å². The van der Waals surface area contributed by atoms with Crippen molar-refractivity contribution in [2.45, 2.75) is 63.0 Å². The minimum Gasteiger partial charge on any atom is -0.444 e. The fourth-order valence-electron chi connectivity index (χ4n) is 4.52. The molecule has 1 atom stereocenters. The Morgan fingerprint density at radius 3 is 2.41 bits per heavy atom. The van der Waals surface area contributed by atoms with Crippen molar-refractivity contribution >= 4 is 50.9 Å². The number of rotatable bonds is 6. The Hall–Kier alpha value is -3.27. The van der Waals surface area contributed by atoms with Crippen LogP contribution in [0.3, 0.4) is 0 Å². The zero-order chi connectivity index (χ0) is 29.9. The van der Waals surface area contributed by atoms with Crippen molar-refractivity contribution in [2.75, 3.05) is 11.9 Å². The molecule has 11 heteroatoms. The number of anilines is 1. The first-order valence-electron chi connectivity index (χ1n) is 13.1. The monoisotopic (exact) mass is 617 g/mol. The summed E-state index contributed by atoms with van der Waals surface area (Å²) >= 11 is 12.3. The van der Waals surface area contributed by atoms with E-state index in [1.165, 1.54) is 12.1 Å². The van der Waals surface area contributed by atoms with Crippen LogP contribution in [0.4, 0.5) is 15.3 Å². The highest BCUT2D eigenvalue weighted by Gasteiger charge is 2.26. The number of carbonyl (C=O) groups is 2. The molecule has 41 heavy (non-hydrogen) atoms. The van der Waals surface area contributed by atoms with Crippen molar-refractivity contribution < 1.29 is 22.7 Å². The van der Waals surface area contributed by atoms with E-state index in [0.29, 0.717) is 46.4 Å². The van der Waals surface area contributed by atoms with Crippen LogP contribution in [-0.2, 0) is 33.3 Å². The topological polar surface area (TPSA) is 105 Å². The van der Waals surface area contributed by atoms with E-state index in [1.54, 1.807) is 48.2 Å².